The third-order valence-electron chi connectivity index (χ3n) is 8.24. The van der Waals surface area contributed by atoms with Gasteiger partial charge in [0, 0.05) is 12.1 Å². The molecule has 0 unspecified atom stereocenters. The maximum absolute atomic E-state index is 7.47. The zero-order chi connectivity index (χ0) is 26.1. The molecule has 2 fully saturated rings. The highest BCUT2D eigenvalue weighted by Gasteiger charge is 2.57. The first-order valence-electron chi connectivity index (χ1n) is 13.9. The van der Waals surface area contributed by atoms with Crippen LogP contribution in [0.15, 0.2) is 146 Å². The lowest BCUT2D eigenvalue weighted by Crippen LogP contribution is -2.40. The maximum atomic E-state index is 7.47. The van der Waals surface area contributed by atoms with Crippen molar-refractivity contribution in [2.75, 3.05) is 6.54 Å². The fraction of sp³-hybridized carbons (Fsp3) is 0.167. The summed E-state index contributed by atoms with van der Waals surface area (Å²) < 4.78 is 7.47. The predicted octanol–water partition coefficient (Wildman–Crippen LogP) is 6.88. The molecule has 0 aliphatic carbocycles. The molecule has 0 spiro atoms. The number of benzene rings is 5. The molecule has 7 rings (SSSR count). The molecular weight excluding hydrogens is 493 g/mol. The van der Waals surface area contributed by atoms with Crippen molar-refractivity contribution in [2.24, 2.45) is 0 Å². The molecule has 0 radical (unpaired) electrons. The molecule has 39 heavy (non-hydrogen) atoms. The Morgan fingerprint density at radius 3 is 1.64 bits per heavy atom. The standard InChI is InChI=1S/C36H32NOP/c1-5-16-28(17-6-1)36(29-18-7-2-8-19-29)34-26-15-27-37(34)35(38-36)32-24-13-14-25-33(32)39(30-20-9-3-10-21-30)31-22-11-4-12-23-31/h1-14,16-25,34-35H,15,26-27H2/t34-,35-/m1/s1. The van der Waals surface area contributed by atoms with E-state index >= 15 is 0 Å². The second kappa shape index (κ2) is 10.5. The van der Waals surface area contributed by atoms with E-state index in [-0.39, 0.29) is 12.3 Å². The summed E-state index contributed by atoms with van der Waals surface area (Å²) in [5.41, 5.74) is 3.25. The van der Waals surface area contributed by atoms with Crippen LogP contribution in [0.3, 0.4) is 0 Å². The van der Waals surface area contributed by atoms with Gasteiger partial charge in [-0.3, -0.25) is 4.90 Å². The highest BCUT2D eigenvalue weighted by atomic mass is 31.1. The van der Waals surface area contributed by atoms with Gasteiger partial charge in [-0.2, -0.15) is 0 Å². The lowest BCUT2D eigenvalue weighted by atomic mass is 9.79. The lowest BCUT2D eigenvalue weighted by molar-refractivity contribution is -0.0460. The van der Waals surface area contributed by atoms with E-state index in [0.717, 1.165) is 13.0 Å². The molecule has 2 atom stereocenters. The van der Waals surface area contributed by atoms with Crippen LogP contribution in [0.2, 0.25) is 0 Å². The van der Waals surface area contributed by atoms with Crippen LogP contribution in [0, 0.1) is 0 Å². The second-order valence-corrected chi connectivity index (χ2v) is 12.6. The minimum atomic E-state index is -0.747. The van der Waals surface area contributed by atoms with E-state index in [4.69, 9.17) is 4.74 Å². The van der Waals surface area contributed by atoms with Crippen LogP contribution in [0.4, 0.5) is 0 Å². The van der Waals surface area contributed by atoms with Gasteiger partial charge in [-0.15, -0.1) is 0 Å². The molecule has 0 N–H and O–H groups in total. The Balaban J connectivity index is 1.41. The number of ether oxygens (including phenoxy) is 1. The minimum absolute atomic E-state index is 0.119. The molecule has 192 valence electrons. The van der Waals surface area contributed by atoms with E-state index in [1.165, 1.54) is 39.0 Å². The highest BCUT2D eigenvalue weighted by Crippen LogP contribution is 2.54. The fourth-order valence-corrected chi connectivity index (χ4v) is 9.08. The summed E-state index contributed by atoms with van der Waals surface area (Å²) in [6.45, 7) is 1.04. The van der Waals surface area contributed by atoms with Crippen LogP contribution >= 0.6 is 7.92 Å². The molecule has 5 aromatic rings. The van der Waals surface area contributed by atoms with Gasteiger partial charge in [-0.25, -0.2) is 0 Å². The molecule has 2 aliphatic rings. The Bertz CT molecular complexity index is 1450. The number of hydrogen-bond acceptors (Lipinski definition) is 2. The van der Waals surface area contributed by atoms with Crippen molar-refractivity contribution < 1.29 is 4.74 Å². The van der Waals surface area contributed by atoms with Crippen molar-refractivity contribution in [1.29, 1.82) is 0 Å². The molecule has 5 aromatic carbocycles. The molecular formula is C36H32NOP. The average molecular weight is 526 g/mol. The average Bonchev–Trinajstić information content (AvgIpc) is 3.63. The Morgan fingerprint density at radius 2 is 1.08 bits per heavy atom. The van der Waals surface area contributed by atoms with Gasteiger partial charge < -0.3 is 4.74 Å². The molecule has 0 saturated carbocycles. The fourth-order valence-electron chi connectivity index (χ4n) is 6.61. The lowest BCUT2D eigenvalue weighted by Gasteiger charge is -2.35. The molecule has 0 bridgehead atoms. The van der Waals surface area contributed by atoms with E-state index in [1.54, 1.807) is 0 Å². The van der Waals surface area contributed by atoms with Gasteiger partial charge in [-0.05, 0) is 47.8 Å². The molecule has 2 aliphatic heterocycles. The smallest absolute Gasteiger partial charge is 0.139 e. The molecule has 0 aromatic heterocycles. The molecule has 2 saturated heterocycles. The zero-order valence-corrected chi connectivity index (χ0v) is 22.8. The monoisotopic (exact) mass is 525 g/mol. The number of hydrogen-bond donors (Lipinski definition) is 0. The van der Waals surface area contributed by atoms with Gasteiger partial charge >= 0.3 is 0 Å². The van der Waals surface area contributed by atoms with Gasteiger partial charge in [0.1, 0.15) is 11.8 Å². The quantitative estimate of drug-likeness (QED) is 0.224. The highest BCUT2D eigenvalue weighted by molar-refractivity contribution is 7.79. The number of rotatable bonds is 6. The first kappa shape index (κ1) is 24.5. The Hall–Kier alpha value is -3.55. The van der Waals surface area contributed by atoms with Crippen molar-refractivity contribution >= 4 is 23.8 Å². The van der Waals surface area contributed by atoms with Crippen LogP contribution in [0.25, 0.3) is 0 Å². The van der Waals surface area contributed by atoms with Crippen LogP contribution in [0.1, 0.15) is 35.8 Å². The summed E-state index contributed by atoms with van der Waals surface area (Å²) in [4.78, 5) is 2.64. The number of nitrogens with zero attached hydrogens (tertiary/aromatic N) is 1. The summed E-state index contributed by atoms with van der Waals surface area (Å²) in [6, 6.07) is 53.1. The van der Waals surface area contributed by atoms with E-state index in [0.29, 0.717) is 0 Å². The first-order chi connectivity index (χ1) is 19.4. The minimum Gasteiger partial charge on any atom is -0.341 e. The predicted molar refractivity (Wildman–Crippen MR) is 162 cm³/mol. The van der Waals surface area contributed by atoms with Crippen LogP contribution in [-0.4, -0.2) is 17.5 Å². The zero-order valence-electron chi connectivity index (χ0n) is 21.9. The molecule has 3 heteroatoms. The maximum Gasteiger partial charge on any atom is 0.139 e. The topological polar surface area (TPSA) is 12.5 Å². The summed E-state index contributed by atoms with van der Waals surface area (Å²) >= 11 is 0. The third-order valence-corrected chi connectivity index (χ3v) is 10.8. The Kier molecular flexibility index (Phi) is 6.62. The molecule has 2 nitrogen and oxygen atoms in total. The van der Waals surface area contributed by atoms with Gasteiger partial charge in [0.05, 0.1) is 6.04 Å². The van der Waals surface area contributed by atoms with E-state index < -0.39 is 13.5 Å². The second-order valence-electron chi connectivity index (χ2n) is 10.4. The van der Waals surface area contributed by atoms with Crippen LogP contribution in [0.5, 0.6) is 0 Å². The Morgan fingerprint density at radius 1 is 0.590 bits per heavy atom. The van der Waals surface area contributed by atoms with Crippen molar-refractivity contribution in [3.63, 3.8) is 0 Å². The van der Waals surface area contributed by atoms with Gasteiger partial charge in [-0.1, -0.05) is 146 Å². The summed E-state index contributed by atoms with van der Waals surface area (Å²) in [5, 5.41) is 4.09. The third kappa shape index (κ3) is 4.24. The van der Waals surface area contributed by atoms with Crippen LogP contribution < -0.4 is 15.9 Å². The summed E-state index contributed by atoms with van der Waals surface area (Å²) in [6.07, 6.45) is 2.18. The van der Waals surface area contributed by atoms with Crippen molar-refractivity contribution in [3.8, 4) is 0 Å². The van der Waals surface area contributed by atoms with Crippen molar-refractivity contribution in [1.82, 2.24) is 4.90 Å². The van der Waals surface area contributed by atoms with Crippen molar-refractivity contribution in [2.45, 2.75) is 30.7 Å². The Labute approximate surface area is 232 Å². The normalized spacial score (nSPS) is 20.2. The largest absolute Gasteiger partial charge is 0.341 e. The van der Waals surface area contributed by atoms with E-state index in [9.17, 15) is 0 Å². The van der Waals surface area contributed by atoms with Crippen molar-refractivity contribution in [3.05, 3.63) is 162 Å². The van der Waals surface area contributed by atoms with E-state index in [1.807, 2.05) is 0 Å². The van der Waals surface area contributed by atoms with E-state index in [2.05, 4.69) is 150 Å². The SMILES string of the molecule is c1ccc(P(c2ccccc2)c2ccccc2[C@H]2OC(c3ccccc3)(c3ccccc3)[C@H]3CCCN23)cc1. The molecule has 2 heterocycles. The van der Waals surface area contributed by atoms with Gasteiger partial charge in [0.2, 0.25) is 0 Å². The van der Waals surface area contributed by atoms with Gasteiger partial charge in [0.25, 0.3) is 0 Å². The molecule has 0 amide bonds. The van der Waals surface area contributed by atoms with Gasteiger partial charge in [0.15, 0.2) is 0 Å². The number of fused-ring (bicyclic) bond motifs is 1. The summed E-state index contributed by atoms with van der Waals surface area (Å²) in [7, 11) is -0.747. The van der Waals surface area contributed by atoms with Crippen LogP contribution in [-0.2, 0) is 10.3 Å². The summed E-state index contributed by atoms with van der Waals surface area (Å²) in [5.74, 6) is 0. The first-order valence-corrected chi connectivity index (χ1v) is 15.2.